The Morgan fingerprint density at radius 2 is 1.79 bits per heavy atom. The van der Waals surface area contributed by atoms with Crippen molar-refractivity contribution >= 4 is 18.0 Å². The maximum atomic E-state index is 11.7. The summed E-state index contributed by atoms with van der Waals surface area (Å²) in [5.74, 6) is 2.24. The van der Waals surface area contributed by atoms with Crippen LogP contribution in [0.15, 0.2) is 53.7 Å². The first kappa shape index (κ1) is 24.6. The Morgan fingerprint density at radius 3 is 2.44 bits per heavy atom. The van der Waals surface area contributed by atoms with Gasteiger partial charge in [-0.2, -0.15) is 5.10 Å². The monoisotopic (exact) mass is 466 g/mol. The lowest BCUT2D eigenvalue weighted by molar-refractivity contribution is 0.132. The number of aromatic nitrogens is 2. The number of nitrogens with one attached hydrogen (secondary N) is 1. The van der Waals surface area contributed by atoms with Gasteiger partial charge < -0.3 is 19.0 Å². The molecule has 0 radical (unpaired) electrons. The van der Waals surface area contributed by atoms with Crippen LogP contribution >= 0.6 is 0 Å². The van der Waals surface area contributed by atoms with Gasteiger partial charge in [0.15, 0.2) is 0 Å². The molecule has 0 atom stereocenters. The number of amides is 1. The van der Waals surface area contributed by atoms with E-state index in [1.807, 2.05) is 57.2 Å². The number of carbonyl (C=O) groups is 1. The molecule has 1 aromatic heterocycles. The van der Waals surface area contributed by atoms with E-state index in [0.29, 0.717) is 23.9 Å². The van der Waals surface area contributed by atoms with Gasteiger partial charge in [-0.15, -0.1) is 0 Å². The Balaban J connectivity index is 1.55. The highest BCUT2D eigenvalue weighted by Crippen LogP contribution is 2.27. The highest BCUT2D eigenvalue weighted by Gasteiger charge is 2.14. The zero-order valence-corrected chi connectivity index (χ0v) is 20.1. The molecule has 0 saturated carbocycles. The molecule has 1 amide bonds. The second-order valence-electron chi connectivity index (χ2n) is 8.03. The second kappa shape index (κ2) is 11.7. The molecule has 0 saturated heterocycles. The van der Waals surface area contributed by atoms with Gasteiger partial charge in [-0.05, 0) is 54.8 Å². The van der Waals surface area contributed by atoms with Gasteiger partial charge in [-0.1, -0.05) is 31.1 Å². The van der Waals surface area contributed by atoms with Crippen LogP contribution in [0, 0.1) is 12.8 Å². The molecule has 0 fully saturated rings. The molecule has 2 aromatic carbocycles. The number of benzene rings is 2. The van der Waals surface area contributed by atoms with E-state index in [2.05, 4.69) is 15.6 Å². The van der Waals surface area contributed by atoms with Gasteiger partial charge in [0, 0.05) is 12.7 Å². The van der Waals surface area contributed by atoms with E-state index in [0.717, 1.165) is 22.6 Å². The van der Waals surface area contributed by atoms with Gasteiger partial charge in [0.1, 0.15) is 18.1 Å². The van der Waals surface area contributed by atoms with Crippen molar-refractivity contribution in [3.63, 3.8) is 0 Å². The van der Waals surface area contributed by atoms with Crippen LogP contribution in [0.1, 0.15) is 30.7 Å². The van der Waals surface area contributed by atoms with Gasteiger partial charge in [0.25, 0.3) is 0 Å². The molecule has 1 heterocycles. The van der Waals surface area contributed by atoms with Gasteiger partial charge in [-0.3, -0.25) is 5.32 Å². The number of ether oxygens (including phenoxy) is 3. The Morgan fingerprint density at radius 1 is 1.12 bits per heavy atom. The molecule has 0 spiro atoms. The number of hydrogen-bond acceptors (Lipinski definition) is 7. The fourth-order valence-corrected chi connectivity index (χ4v) is 2.96. The minimum absolute atomic E-state index is 0.266. The van der Waals surface area contributed by atoms with Crippen molar-refractivity contribution < 1.29 is 23.8 Å². The Kier molecular flexibility index (Phi) is 8.50. The molecular formula is C25H30N4O5. The summed E-state index contributed by atoms with van der Waals surface area (Å²) >= 11 is 0. The average molecular weight is 467 g/mol. The first-order valence-electron chi connectivity index (χ1n) is 10.9. The standard InChI is InChI=1S/C25H30N4O5/c1-17(2)15-32-25(30)27-20-8-6-19(7-9-20)16-33-26-14-23-18(3)28-29(4)24(23)34-22-12-10-21(31-5)11-13-22/h6-14,17H,15-16H2,1-5H3,(H,27,30). The molecule has 0 aliphatic rings. The van der Waals surface area contributed by atoms with E-state index < -0.39 is 6.09 Å². The molecule has 0 bridgehead atoms. The number of anilines is 1. The summed E-state index contributed by atoms with van der Waals surface area (Å²) in [5, 5.41) is 11.2. The summed E-state index contributed by atoms with van der Waals surface area (Å²) in [6.45, 7) is 6.48. The minimum atomic E-state index is -0.471. The minimum Gasteiger partial charge on any atom is -0.497 e. The van der Waals surface area contributed by atoms with Crippen molar-refractivity contribution in [2.75, 3.05) is 19.0 Å². The van der Waals surface area contributed by atoms with Crippen LogP contribution in [-0.2, 0) is 23.2 Å². The van der Waals surface area contributed by atoms with E-state index in [4.69, 9.17) is 19.0 Å². The number of hydrogen-bond donors (Lipinski definition) is 1. The van der Waals surface area contributed by atoms with E-state index in [9.17, 15) is 4.79 Å². The molecule has 0 aliphatic heterocycles. The van der Waals surface area contributed by atoms with Crippen LogP contribution in [0.3, 0.4) is 0 Å². The van der Waals surface area contributed by atoms with Gasteiger partial charge in [0.2, 0.25) is 5.88 Å². The third-order valence-corrected chi connectivity index (χ3v) is 4.72. The quantitative estimate of drug-likeness (QED) is 0.322. The molecule has 34 heavy (non-hydrogen) atoms. The zero-order valence-electron chi connectivity index (χ0n) is 20.1. The number of nitrogens with zero attached hydrogens (tertiary/aromatic N) is 3. The first-order chi connectivity index (χ1) is 16.4. The lowest BCUT2D eigenvalue weighted by atomic mass is 10.2. The third-order valence-electron chi connectivity index (χ3n) is 4.72. The van der Waals surface area contributed by atoms with E-state index in [1.165, 1.54) is 0 Å². The van der Waals surface area contributed by atoms with Gasteiger partial charge >= 0.3 is 6.09 Å². The normalized spacial score (nSPS) is 11.0. The van der Waals surface area contributed by atoms with Crippen LogP contribution < -0.4 is 14.8 Å². The Hall–Kier alpha value is -4.01. The van der Waals surface area contributed by atoms with Crippen LogP contribution in [0.5, 0.6) is 17.4 Å². The van der Waals surface area contributed by atoms with Gasteiger partial charge in [-0.25, -0.2) is 9.48 Å². The molecule has 0 aliphatic carbocycles. The fraction of sp³-hybridized carbons (Fsp3) is 0.320. The topological polar surface area (TPSA) is 96.2 Å². The number of aryl methyl sites for hydroxylation is 2. The van der Waals surface area contributed by atoms with E-state index in [1.54, 1.807) is 37.2 Å². The van der Waals surface area contributed by atoms with Crippen LogP contribution in [-0.4, -0.2) is 35.8 Å². The molecular weight excluding hydrogens is 436 g/mol. The summed E-state index contributed by atoms with van der Waals surface area (Å²) in [4.78, 5) is 17.2. The summed E-state index contributed by atoms with van der Waals surface area (Å²) in [6.07, 6.45) is 1.11. The third kappa shape index (κ3) is 6.99. The Bertz CT molecular complexity index is 1110. The molecule has 9 nitrogen and oxygen atoms in total. The molecule has 0 unspecified atom stereocenters. The molecule has 180 valence electrons. The lowest BCUT2D eigenvalue weighted by Crippen LogP contribution is -2.16. The molecule has 1 N–H and O–H groups in total. The predicted molar refractivity (Wildman–Crippen MR) is 130 cm³/mol. The molecule has 3 aromatic rings. The summed E-state index contributed by atoms with van der Waals surface area (Å²) in [6, 6.07) is 14.6. The van der Waals surface area contributed by atoms with Crippen LogP contribution in [0.25, 0.3) is 0 Å². The summed E-state index contributed by atoms with van der Waals surface area (Å²) in [5.41, 5.74) is 3.03. The van der Waals surface area contributed by atoms with Crippen molar-refractivity contribution in [1.82, 2.24) is 9.78 Å². The van der Waals surface area contributed by atoms with Crippen molar-refractivity contribution in [3.8, 4) is 17.4 Å². The summed E-state index contributed by atoms with van der Waals surface area (Å²) < 4.78 is 17.9. The van der Waals surface area contributed by atoms with Crippen LogP contribution in [0.2, 0.25) is 0 Å². The van der Waals surface area contributed by atoms with Crippen molar-refractivity contribution in [1.29, 1.82) is 0 Å². The molecule has 3 rings (SSSR count). The fourth-order valence-electron chi connectivity index (χ4n) is 2.96. The van der Waals surface area contributed by atoms with E-state index >= 15 is 0 Å². The second-order valence-corrected chi connectivity index (χ2v) is 8.03. The maximum absolute atomic E-state index is 11.7. The zero-order chi connectivity index (χ0) is 24.5. The number of carbonyl (C=O) groups excluding carboxylic acids is 1. The number of oxime groups is 1. The lowest BCUT2D eigenvalue weighted by Gasteiger charge is -2.09. The highest BCUT2D eigenvalue weighted by molar-refractivity contribution is 5.84. The summed E-state index contributed by atoms with van der Waals surface area (Å²) in [7, 11) is 3.42. The Labute approximate surface area is 199 Å². The smallest absolute Gasteiger partial charge is 0.411 e. The first-order valence-corrected chi connectivity index (χ1v) is 10.9. The predicted octanol–water partition coefficient (Wildman–Crippen LogP) is 5.28. The SMILES string of the molecule is COc1ccc(Oc2c(C=NOCc3ccc(NC(=O)OCC(C)C)cc3)c(C)nn2C)cc1. The average Bonchev–Trinajstić information content (AvgIpc) is 3.09. The number of methoxy groups -OCH3 is 1. The van der Waals surface area contributed by atoms with Crippen LogP contribution in [0.4, 0.5) is 10.5 Å². The highest BCUT2D eigenvalue weighted by atomic mass is 16.6. The van der Waals surface area contributed by atoms with Gasteiger partial charge in [0.05, 0.1) is 31.2 Å². The largest absolute Gasteiger partial charge is 0.497 e. The van der Waals surface area contributed by atoms with Crippen molar-refractivity contribution in [2.24, 2.45) is 18.1 Å². The molecule has 9 heteroatoms. The maximum Gasteiger partial charge on any atom is 0.411 e. The van der Waals surface area contributed by atoms with Crippen molar-refractivity contribution in [2.45, 2.75) is 27.4 Å². The van der Waals surface area contributed by atoms with Crippen molar-refractivity contribution in [3.05, 3.63) is 65.4 Å². The number of rotatable bonds is 10. The van der Waals surface area contributed by atoms with E-state index in [-0.39, 0.29) is 12.5 Å².